The molecule has 0 aliphatic heterocycles. The largest absolute Gasteiger partial charge is 0.468 e. The van der Waals surface area contributed by atoms with E-state index in [9.17, 15) is 9.59 Å². The van der Waals surface area contributed by atoms with Crippen molar-refractivity contribution in [3.63, 3.8) is 0 Å². The lowest BCUT2D eigenvalue weighted by molar-refractivity contribution is -0.118. The number of hydrogen-bond donors (Lipinski definition) is 1. The minimum absolute atomic E-state index is 0.0544. The monoisotopic (exact) mass is 341 g/mol. The van der Waals surface area contributed by atoms with Crippen molar-refractivity contribution in [1.29, 1.82) is 0 Å². The van der Waals surface area contributed by atoms with Gasteiger partial charge in [0.25, 0.3) is 11.8 Å². The van der Waals surface area contributed by atoms with E-state index in [1.165, 1.54) is 0 Å². The first kappa shape index (κ1) is 18.4. The third-order valence-electron chi connectivity index (χ3n) is 3.68. The molecule has 1 heterocycles. The molecule has 0 radical (unpaired) electrons. The van der Waals surface area contributed by atoms with Gasteiger partial charge in [-0.25, -0.2) is 4.98 Å². The van der Waals surface area contributed by atoms with Gasteiger partial charge in [0.05, 0.1) is 0 Å². The van der Waals surface area contributed by atoms with Gasteiger partial charge in [0, 0.05) is 36.6 Å². The maximum Gasteiger partial charge on any atom is 0.262 e. The minimum atomic E-state index is -0.310. The lowest BCUT2D eigenvalue weighted by atomic mass is 10.1. The minimum Gasteiger partial charge on any atom is -0.468 e. The van der Waals surface area contributed by atoms with Crippen molar-refractivity contribution in [3.05, 3.63) is 53.7 Å². The molecule has 0 aliphatic carbocycles. The smallest absolute Gasteiger partial charge is 0.262 e. The summed E-state index contributed by atoms with van der Waals surface area (Å²) in [5.74, 6) is 0.0298. The number of ether oxygens (including phenoxy) is 1. The average Bonchev–Trinajstić information content (AvgIpc) is 2.62. The zero-order valence-corrected chi connectivity index (χ0v) is 14.8. The molecule has 1 aromatic heterocycles. The number of hydrogen-bond acceptors (Lipinski definition) is 4. The van der Waals surface area contributed by atoms with Gasteiger partial charge in [-0.15, -0.1) is 0 Å². The molecule has 0 unspecified atom stereocenters. The number of aromatic nitrogens is 1. The third-order valence-corrected chi connectivity index (χ3v) is 3.68. The summed E-state index contributed by atoms with van der Waals surface area (Å²) >= 11 is 0. The summed E-state index contributed by atoms with van der Waals surface area (Å²) in [5, 5.41) is 2.73. The predicted molar refractivity (Wildman–Crippen MR) is 96.8 cm³/mol. The van der Waals surface area contributed by atoms with Crippen LogP contribution in [0.4, 0.5) is 5.69 Å². The van der Waals surface area contributed by atoms with Crippen LogP contribution in [0.15, 0.2) is 42.6 Å². The van der Waals surface area contributed by atoms with Gasteiger partial charge < -0.3 is 15.0 Å². The summed E-state index contributed by atoms with van der Waals surface area (Å²) in [5.41, 5.74) is 2.12. The van der Waals surface area contributed by atoms with E-state index in [0.717, 1.165) is 5.56 Å². The lowest BCUT2D eigenvalue weighted by Gasteiger charge is -2.19. The van der Waals surface area contributed by atoms with Gasteiger partial charge in [0.15, 0.2) is 6.61 Å². The summed E-state index contributed by atoms with van der Waals surface area (Å²) in [6.07, 6.45) is 1.68. The van der Waals surface area contributed by atoms with Crippen LogP contribution >= 0.6 is 0 Å². The third kappa shape index (κ3) is 5.31. The summed E-state index contributed by atoms with van der Waals surface area (Å²) in [4.78, 5) is 30.2. The molecular formula is C19H23N3O3. The van der Waals surface area contributed by atoms with Crippen LogP contribution in [0.25, 0.3) is 0 Å². The highest BCUT2D eigenvalue weighted by Crippen LogP contribution is 2.13. The number of benzene rings is 1. The Morgan fingerprint density at radius 2 is 1.92 bits per heavy atom. The van der Waals surface area contributed by atoms with Gasteiger partial charge in [-0.2, -0.15) is 0 Å². The second-order valence-electron chi connectivity index (χ2n) is 5.57. The zero-order valence-electron chi connectivity index (χ0n) is 14.8. The molecule has 2 aromatic rings. The first-order valence-corrected chi connectivity index (χ1v) is 8.28. The maximum absolute atomic E-state index is 12.4. The molecule has 2 rings (SSSR count). The molecule has 0 saturated heterocycles. The van der Waals surface area contributed by atoms with Gasteiger partial charge in [0.1, 0.15) is 0 Å². The van der Waals surface area contributed by atoms with E-state index in [4.69, 9.17) is 4.74 Å². The van der Waals surface area contributed by atoms with Crippen molar-refractivity contribution in [2.24, 2.45) is 0 Å². The van der Waals surface area contributed by atoms with Crippen LogP contribution < -0.4 is 10.1 Å². The Morgan fingerprint density at radius 1 is 1.16 bits per heavy atom. The number of aryl methyl sites for hydroxylation is 1. The van der Waals surface area contributed by atoms with Crippen molar-refractivity contribution in [2.75, 3.05) is 25.0 Å². The van der Waals surface area contributed by atoms with Gasteiger partial charge >= 0.3 is 0 Å². The molecule has 0 fully saturated rings. The van der Waals surface area contributed by atoms with E-state index >= 15 is 0 Å². The van der Waals surface area contributed by atoms with Gasteiger partial charge in [-0.3, -0.25) is 9.59 Å². The van der Waals surface area contributed by atoms with E-state index in [-0.39, 0.29) is 18.4 Å². The highest BCUT2D eigenvalue weighted by molar-refractivity contribution is 5.97. The van der Waals surface area contributed by atoms with E-state index in [1.54, 1.807) is 41.4 Å². The number of nitrogens with one attached hydrogen (secondary N) is 1. The quantitative estimate of drug-likeness (QED) is 0.840. The standard InChI is InChI=1S/C19H23N3O3/c1-4-22(5-2)19(24)15-7-6-8-16(11-15)21-17(23)13-25-18-10-9-14(3)12-20-18/h6-12H,4-5,13H2,1-3H3,(H,21,23). The second kappa shape index (κ2) is 8.82. The first-order chi connectivity index (χ1) is 12.0. The molecule has 6 heteroatoms. The Labute approximate surface area is 147 Å². The van der Waals surface area contributed by atoms with Crippen LogP contribution in [0.5, 0.6) is 5.88 Å². The number of rotatable bonds is 7. The van der Waals surface area contributed by atoms with Gasteiger partial charge in [-0.1, -0.05) is 12.1 Å². The molecule has 0 saturated carbocycles. The summed E-state index contributed by atoms with van der Waals surface area (Å²) in [6, 6.07) is 10.5. The first-order valence-electron chi connectivity index (χ1n) is 8.28. The van der Waals surface area contributed by atoms with E-state index in [0.29, 0.717) is 30.2 Å². The molecule has 2 amide bonds. The van der Waals surface area contributed by atoms with Gasteiger partial charge in [0.2, 0.25) is 5.88 Å². The van der Waals surface area contributed by atoms with Crippen LogP contribution in [-0.4, -0.2) is 41.4 Å². The van der Waals surface area contributed by atoms with Crippen LogP contribution in [0.3, 0.4) is 0 Å². The van der Waals surface area contributed by atoms with Crippen LogP contribution in [-0.2, 0) is 4.79 Å². The van der Waals surface area contributed by atoms with Crippen LogP contribution in [0.2, 0.25) is 0 Å². The Hall–Kier alpha value is -2.89. The molecule has 132 valence electrons. The summed E-state index contributed by atoms with van der Waals surface area (Å²) in [6.45, 7) is 6.93. The average molecular weight is 341 g/mol. The summed E-state index contributed by atoms with van der Waals surface area (Å²) < 4.78 is 5.35. The zero-order chi connectivity index (χ0) is 18.2. The molecular weight excluding hydrogens is 318 g/mol. The van der Waals surface area contributed by atoms with Crippen molar-refractivity contribution in [1.82, 2.24) is 9.88 Å². The number of carbonyl (C=O) groups is 2. The van der Waals surface area contributed by atoms with Crippen LogP contribution in [0, 0.1) is 6.92 Å². The molecule has 6 nitrogen and oxygen atoms in total. The Kier molecular flexibility index (Phi) is 6.51. The molecule has 1 N–H and O–H groups in total. The van der Waals surface area contributed by atoms with Crippen molar-refractivity contribution < 1.29 is 14.3 Å². The van der Waals surface area contributed by atoms with Crippen LogP contribution in [0.1, 0.15) is 29.8 Å². The topological polar surface area (TPSA) is 71.5 Å². The van der Waals surface area contributed by atoms with Crippen molar-refractivity contribution >= 4 is 17.5 Å². The van der Waals surface area contributed by atoms with E-state index in [2.05, 4.69) is 10.3 Å². The molecule has 25 heavy (non-hydrogen) atoms. The number of nitrogens with zero attached hydrogens (tertiary/aromatic N) is 2. The fourth-order valence-corrected chi connectivity index (χ4v) is 2.30. The molecule has 1 aromatic carbocycles. The number of amides is 2. The number of pyridine rings is 1. The molecule has 0 aliphatic rings. The SMILES string of the molecule is CCN(CC)C(=O)c1cccc(NC(=O)COc2ccc(C)cn2)c1. The molecule has 0 bridgehead atoms. The normalized spacial score (nSPS) is 10.2. The Balaban J connectivity index is 1.95. The fourth-order valence-electron chi connectivity index (χ4n) is 2.30. The highest BCUT2D eigenvalue weighted by atomic mass is 16.5. The second-order valence-corrected chi connectivity index (χ2v) is 5.57. The number of carbonyl (C=O) groups excluding carboxylic acids is 2. The molecule has 0 spiro atoms. The van der Waals surface area contributed by atoms with Crippen molar-refractivity contribution in [3.8, 4) is 5.88 Å². The highest BCUT2D eigenvalue weighted by Gasteiger charge is 2.13. The van der Waals surface area contributed by atoms with E-state index < -0.39 is 0 Å². The Bertz CT molecular complexity index is 725. The number of anilines is 1. The van der Waals surface area contributed by atoms with Gasteiger partial charge in [-0.05, 0) is 44.5 Å². The predicted octanol–water partition coefficient (Wildman–Crippen LogP) is 2.89. The lowest BCUT2D eigenvalue weighted by Crippen LogP contribution is -2.30. The van der Waals surface area contributed by atoms with E-state index in [1.807, 2.05) is 26.8 Å². The Morgan fingerprint density at radius 3 is 2.56 bits per heavy atom. The van der Waals surface area contributed by atoms with Crippen molar-refractivity contribution in [2.45, 2.75) is 20.8 Å². The maximum atomic E-state index is 12.4. The summed E-state index contributed by atoms with van der Waals surface area (Å²) in [7, 11) is 0. The molecule has 0 atom stereocenters. The fraction of sp³-hybridized carbons (Fsp3) is 0.316.